The van der Waals surface area contributed by atoms with Crippen LogP contribution in [0, 0.1) is 16.0 Å². The lowest BCUT2D eigenvalue weighted by Crippen LogP contribution is -2.69. The molecule has 30 heavy (non-hydrogen) atoms. The summed E-state index contributed by atoms with van der Waals surface area (Å²) >= 11 is 5.64. The van der Waals surface area contributed by atoms with Crippen molar-refractivity contribution in [3.8, 4) is 5.75 Å². The molecule has 4 rings (SSSR count). The lowest BCUT2D eigenvalue weighted by atomic mass is 9.80. The Bertz CT molecular complexity index is 1040. The molecule has 0 spiro atoms. The normalized spacial score (nSPS) is 24.4. The Balaban J connectivity index is 1.72. The van der Waals surface area contributed by atoms with Crippen LogP contribution in [-0.2, 0) is 4.74 Å². The van der Waals surface area contributed by atoms with Crippen molar-refractivity contribution in [2.75, 3.05) is 11.5 Å². The number of benzene rings is 2. The van der Waals surface area contributed by atoms with Gasteiger partial charge in [0.05, 0.1) is 23.1 Å². The van der Waals surface area contributed by atoms with Gasteiger partial charge in [0.25, 0.3) is 5.69 Å². The zero-order chi connectivity index (χ0) is 21.6. The predicted molar refractivity (Wildman–Crippen MR) is 115 cm³/mol. The summed E-state index contributed by atoms with van der Waals surface area (Å²) in [7, 11) is 0. The third-order valence-corrected chi connectivity index (χ3v) is 6.06. The fourth-order valence-corrected chi connectivity index (χ4v) is 4.48. The Morgan fingerprint density at radius 3 is 2.67 bits per heavy atom. The number of nitro groups is 1. The molecule has 2 bridgehead atoms. The molecule has 1 saturated heterocycles. The Kier molecular flexibility index (Phi) is 4.85. The van der Waals surface area contributed by atoms with E-state index >= 15 is 0 Å². The number of carbonyl (C=O) groups excluding carboxylic acids is 1. The van der Waals surface area contributed by atoms with Gasteiger partial charge in [-0.05, 0) is 56.4 Å². The standard InChI is InChI=1S/C21H21N3O5S/c1-4-28-19(25)13-5-7-14(8-6-13)23-20(30)22-18-12(2)21(23,3)29-17-10-9-15(24(26)27)11-16(17)18/h5-12,18H,4H2,1-3H3,(H,22,30)/t12-,18+,21-/m0/s1. The van der Waals surface area contributed by atoms with Crippen LogP contribution in [-0.4, -0.2) is 28.3 Å². The minimum atomic E-state index is -0.818. The van der Waals surface area contributed by atoms with Crippen LogP contribution < -0.4 is 15.0 Å². The summed E-state index contributed by atoms with van der Waals surface area (Å²) in [6, 6.07) is 11.4. The number of carbonyl (C=O) groups is 1. The molecule has 1 fully saturated rings. The van der Waals surface area contributed by atoms with Crippen LogP contribution in [0.3, 0.4) is 0 Å². The van der Waals surface area contributed by atoms with Crippen LogP contribution in [0.4, 0.5) is 11.4 Å². The van der Waals surface area contributed by atoms with Crippen molar-refractivity contribution < 1.29 is 19.2 Å². The number of esters is 1. The van der Waals surface area contributed by atoms with Crippen LogP contribution in [0.25, 0.3) is 0 Å². The Morgan fingerprint density at radius 1 is 1.33 bits per heavy atom. The molecule has 3 atom stereocenters. The number of thiocarbonyl (C=S) groups is 1. The minimum absolute atomic E-state index is 0.0119. The summed E-state index contributed by atoms with van der Waals surface area (Å²) in [5.74, 6) is 0.116. The van der Waals surface area contributed by atoms with E-state index in [4.69, 9.17) is 21.7 Å². The molecule has 0 radical (unpaired) electrons. The summed E-state index contributed by atoms with van der Waals surface area (Å²) in [4.78, 5) is 24.6. The van der Waals surface area contributed by atoms with Crippen molar-refractivity contribution in [3.63, 3.8) is 0 Å². The Morgan fingerprint density at radius 2 is 2.03 bits per heavy atom. The first kappa shape index (κ1) is 20.1. The van der Waals surface area contributed by atoms with E-state index in [0.717, 1.165) is 5.69 Å². The molecule has 8 nitrogen and oxygen atoms in total. The third kappa shape index (κ3) is 3.06. The van der Waals surface area contributed by atoms with Crippen LogP contribution in [0.1, 0.15) is 42.7 Å². The number of nitro benzene ring substituents is 1. The van der Waals surface area contributed by atoms with E-state index in [9.17, 15) is 14.9 Å². The fraction of sp³-hybridized carbons (Fsp3) is 0.333. The molecular formula is C21H21N3O5S. The van der Waals surface area contributed by atoms with Crippen molar-refractivity contribution in [2.45, 2.75) is 32.5 Å². The van der Waals surface area contributed by atoms with Crippen LogP contribution in [0.15, 0.2) is 42.5 Å². The molecule has 2 aliphatic heterocycles. The van der Waals surface area contributed by atoms with E-state index in [1.807, 2.05) is 18.7 Å². The van der Waals surface area contributed by atoms with Gasteiger partial charge in [-0.15, -0.1) is 0 Å². The largest absolute Gasteiger partial charge is 0.467 e. The molecule has 0 aromatic heterocycles. The number of anilines is 1. The zero-order valence-electron chi connectivity index (χ0n) is 16.7. The van der Waals surface area contributed by atoms with Gasteiger partial charge in [0.2, 0.25) is 0 Å². The molecule has 0 amide bonds. The van der Waals surface area contributed by atoms with Gasteiger partial charge in [-0.1, -0.05) is 6.92 Å². The first-order chi connectivity index (χ1) is 14.3. The topological polar surface area (TPSA) is 93.9 Å². The molecule has 0 saturated carbocycles. The van der Waals surface area contributed by atoms with Crippen LogP contribution in [0.5, 0.6) is 5.75 Å². The quantitative estimate of drug-likeness (QED) is 0.339. The first-order valence-electron chi connectivity index (χ1n) is 9.61. The van der Waals surface area contributed by atoms with Gasteiger partial charge in [0, 0.05) is 29.3 Å². The van der Waals surface area contributed by atoms with Crippen molar-refractivity contribution in [1.29, 1.82) is 0 Å². The van der Waals surface area contributed by atoms with E-state index in [1.54, 1.807) is 37.3 Å². The average molecular weight is 427 g/mol. The van der Waals surface area contributed by atoms with E-state index in [1.165, 1.54) is 12.1 Å². The molecule has 2 aliphatic rings. The second-order valence-corrected chi connectivity index (χ2v) is 7.84. The number of hydrogen-bond donors (Lipinski definition) is 1. The van der Waals surface area contributed by atoms with Crippen molar-refractivity contribution in [3.05, 3.63) is 63.7 Å². The predicted octanol–water partition coefficient (Wildman–Crippen LogP) is 3.95. The lowest BCUT2D eigenvalue weighted by molar-refractivity contribution is -0.385. The highest BCUT2D eigenvalue weighted by Crippen LogP contribution is 2.49. The average Bonchev–Trinajstić information content (AvgIpc) is 2.71. The first-order valence-corrected chi connectivity index (χ1v) is 10.0. The third-order valence-electron chi connectivity index (χ3n) is 5.76. The highest BCUT2D eigenvalue weighted by atomic mass is 32.1. The van der Waals surface area contributed by atoms with Gasteiger partial charge >= 0.3 is 5.97 Å². The maximum Gasteiger partial charge on any atom is 0.338 e. The number of ether oxygens (including phenoxy) is 2. The molecule has 2 heterocycles. The van der Waals surface area contributed by atoms with E-state index < -0.39 is 10.6 Å². The number of nitrogens with one attached hydrogen (secondary N) is 1. The lowest BCUT2D eigenvalue weighted by Gasteiger charge is -2.56. The minimum Gasteiger partial charge on any atom is -0.467 e. The van der Waals surface area contributed by atoms with E-state index in [-0.39, 0.29) is 23.6 Å². The maximum atomic E-state index is 12.0. The van der Waals surface area contributed by atoms with Gasteiger partial charge in [-0.25, -0.2) is 4.79 Å². The van der Waals surface area contributed by atoms with Crippen molar-refractivity contribution in [1.82, 2.24) is 5.32 Å². The Labute approximate surface area is 178 Å². The summed E-state index contributed by atoms with van der Waals surface area (Å²) in [6.45, 7) is 6.03. The number of rotatable bonds is 4. The monoisotopic (exact) mass is 427 g/mol. The highest BCUT2D eigenvalue weighted by Gasteiger charge is 2.54. The molecule has 2 aromatic carbocycles. The summed E-state index contributed by atoms with van der Waals surface area (Å²) in [5.41, 5.74) is 1.13. The number of hydrogen-bond acceptors (Lipinski definition) is 6. The zero-order valence-corrected chi connectivity index (χ0v) is 17.6. The van der Waals surface area contributed by atoms with Gasteiger partial charge in [0.1, 0.15) is 5.75 Å². The van der Waals surface area contributed by atoms with Gasteiger partial charge < -0.3 is 14.8 Å². The van der Waals surface area contributed by atoms with E-state index in [2.05, 4.69) is 5.32 Å². The molecule has 9 heteroatoms. The molecular weight excluding hydrogens is 406 g/mol. The second kappa shape index (κ2) is 7.24. The number of fused-ring (bicyclic) bond motifs is 4. The second-order valence-electron chi connectivity index (χ2n) is 7.45. The maximum absolute atomic E-state index is 12.0. The summed E-state index contributed by atoms with van der Waals surface area (Å²) in [5, 5.41) is 15.0. The summed E-state index contributed by atoms with van der Waals surface area (Å²) in [6.07, 6.45) is 0. The van der Waals surface area contributed by atoms with Gasteiger partial charge in [-0.3, -0.25) is 15.0 Å². The highest BCUT2D eigenvalue weighted by molar-refractivity contribution is 7.80. The molecule has 0 unspecified atom stereocenters. The smallest absolute Gasteiger partial charge is 0.338 e. The van der Waals surface area contributed by atoms with Crippen molar-refractivity contribution >= 4 is 34.7 Å². The van der Waals surface area contributed by atoms with E-state index in [0.29, 0.717) is 28.6 Å². The molecule has 0 aliphatic carbocycles. The summed E-state index contributed by atoms with van der Waals surface area (Å²) < 4.78 is 11.4. The van der Waals surface area contributed by atoms with Crippen LogP contribution in [0.2, 0.25) is 0 Å². The molecule has 2 aromatic rings. The number of nitrogens with zero attached hydrogens (tertiary/aromatic N) is 2. The van der Waals surface area contributed by atoms with Gasteiger partial charge in [-0.2, -0.15) is 0 Å². The fourth-order valence-electron chi connectivity index (χ4n) is 4.07. The SMILES string of the molecule is CCOC(=O)c1ccc(N2C(=S)N[C@H]3c4cc([N+](=O)[O-])ccc4O[C@@]2(C)[C@H]3C)cc1. The van der Waals surface area contributed by atoms with Gasteiger partial charge in [0.15, 0.2) is 10.8 Å². The molecule has 156 valence electrons. The Hall–Kier alpha value is -3.20. The van der Waals surface area contributed by atoms with Crippen molar-refractivity contribution in [2.24, 2.45) is 5.92 Å². The number of non-ortho nitro benzene ring substituents is 1. The van der Waals surface area contributed by atoms with Crippen LogP contribution >= 0.6 is 12.2 Å². The molecule has 1 N–H and O–H groups in total.